The van der Waals surface area contributed by atoms with E-state index in [1.165, 1.54) is 0 Å². The number of piperidine rings is 1. The number of nitrogens with zero attached hydrogens (tertiary/aromatic N) is 4. The van der Waals surface area contributed by atoms with Crippen molar-refractivity contribution in [1.29, 1.82) is 0 Å². The highest BCUT2D eigenvalue weighted by atomic mass is 32.2. The molecular formula is C24H30N6OS2. The minimum absolute atomic E-state index is 0.143. The summed E-state index contributed by atoms with van der Waals surface area (Å²) in [6.45, 7) is 3.98. The van der Waals surface area contributed by atoms with Crippen LogP contribution in [0.15, 0.2) is 35.5 Å². The molecule has 9 heteroatoms. The molecule has 0 bridgehead atoms. The van der Waals surface area contributed by atoms with E-state index in [9.17, 15) is 4.79 Å². The van der Waals surface area contributed by atoms with Crippen LogP contribution < -0.4 is 10.6 Å². The monoisotopic (exact) mass is 482 g/mol. The number of anilines is 2. The number of amides is 1. The number of aromatic nitrogens is 3. The first-order chi connectivity index (χ1) is 16.1. The smallest absolute Gasteiger partial charge is 0.253 e. The first-order valence-electron chi connectivity index (χ1n) is 11.7. The fourth-order valence-corrected chi connectivity index (χ4v) is 5.91. The fraction of sp³-hybridized carbons (Fsp3) is 0.500. The number of hydrogen-bond acceptors (Lipinski definition) is 8. The van der Waals surface area contributed by atoms with Gasteiger partial charge in [-0.05, 0) is 62.5 Å². The van der Waals surface area contributed by atoms with Gasteiger partial charge in [-0.3, -0.25) is 4.79 Å². The lowest BCUT2D eigenvalue weighted by Gasteiger charge is -2.30. The normalized spacial score (nSPS) is 21.5. The first-order valence-corrected chi connectivity index (χ1v) is 13.7. The summed E-state index contributed by atoms with van der Waals surface area (Å²) in [6, 6.07) is 6.63. The summed E-state index contributed by atoms with van der Waals surface area (Å²) in [6.07, 6.45) is 11.1. The van der Waals surface area contributed by atoms with Gasteiger partial charge in [0.25, 0.3) is 5.91 Å². The molecule has 2 N–H and O–H groups in total. The molecule has 174 valence electrons. The zero-order chi connectivity index (χ0) is 22.8. The van der Waals surface area contributed by atoms with E-state index in [0.29, 0.717) is 23.9 Å². The Hall–Kier alpha value is -2.39. The summed E-state index contributed by atoms with van der Waals surface area (Å²) in [7, 11) is 0. The minimum Gasteiger partial charge on any atom is -0.359 e. The number of thioether (sulfide) groups is 1. The first kappa shape index (κ1) is 22.4. The number of rotatable bonds is 6. The van der Waals surface area contributed by atoms with Gasteiger partial charge < -0.3 is 15.5 Å². The van der Waals surface area contributed by atoms with E-state index in [1.807, 2.05) is 41.7 Å². The Morgan fingerprint density at radius 1 is 1.09 bits per heavy atom. The number of thiazole rings is 1. The van der Waals surface area contributed by atoms with Gasteiger partial charge in [0.15, 0.2) is 5.13 Å². The summed E-state index contributed by atoms with van der Waals surface area (Å²) in [4.78, 5) is 29.6. The van der Waals surface area contributed by atoms with Crippen LogP contribution in [0.1, 0.15) is 49.4 Å². The molecule has 2 fully saturated rings. The van der Waals surface area contributed by atoms with Gasteiger partial charge in [0, 0.05) is 48.0 Å². The molecule has 3 heterocycles. The zero-order valence-corrected chi connectivity index (χ0v) is 20.7. The Morgan fingerprint density at radius 2 is 1.82 bits per heavy atom. The van der Waals surface area contributed by atoms with Crippen LogP contribution in [-0.4, -0.2) is 57.2 Å². The van der Waals surface area contributed by atoms with E-state index in [-0.39, 0.29) is 5.91 Å². The molecule has 1 saturated heterocycles. The minimum atomic E-state index is 0.143. The molecule has 1 amide bonds. The Balaban J connectivity index is 1.19. The molecule has 0 radical (unpaired) electrons. The molecule has 0 spiro atoms. The van der Waals surface area contributed by atoms with Crippen molar-refractivity contribution in [2.24, 2.45) is 5.92 Å². The van der Waals surface area contributed by atoms with Gasteiger partial charge in [0.05, 0.1) is 10.2 Å². The number of nitrogens with one attached hydrogen (secondary N) is 2. The Labute approximate surface area is 202 Å². The molecule has 1 aliphatic heterocycles. The topological polar surface area (TPSA) is 83.0 Å². The third kappa shape index (κ3) is 5.24. The van der Waals surface area contributed by atoms with Crippen molar-refractivity contribution >= 4 is 50.3 Å². The van der Waals surface area contributed by atoms with Crippen LogP contribution in [0.4, 0.5) is 11.1 Å². The SMILES string of the molecule is CSc1cnc(N[C@H]2CC[C@H](Nc3nc4ccc(C(=O)N5CCC(C)CC5)cc4s3)C2)nc1. The summed E-state index contributed by atoms with van der Waals surface area (Å²) in [5.41, 5.74) is 1.71. The summed E-state index contributed by atoms with van der Waals surface area (Å²) in [5, 5.41) is 7.99. The molecule has 2 aromatic heterocycles. The van der Waals surface area contributed by atoms with E-state index < -0.39 is 0 Å². The molecule has 1 aliphatic carbocycles. The quantitative estimate of drug-likeness (QED) is 0.472. The molecule has 1 saturated carbocycles. The number of hydrogen-bond donors (Lipinski definition) is 2. The molecule has 2 atom stereocenters. The predicted octanol–water partition coefficient (Wildman–Crippen LogP) is 5.13. The van der Waals surface area contributed by atoms with E-state index >= 15 is 0 Å². The lowest BCUT2D eigenvalue weighted by Crippen LogP contribution is -2.37. The van der Waals surface area contributed by atoms with Crippen molar-refractivity contribution in [2.45, 2.75) is 56.0 Å². The number of carbonyl (C=O) groups excluding carboxylic acids is 1. The van der Waals surface area contributed by atoms with Crippen LogP contribution >= 0.6 is 23.1 Å². The van der Waals surface area contributed by atoms with Crippen LogP contribution in [0.5, 0.6) is 0 Å². The summed E-state index contributed by atoms with van der Waals surface area (Å²) < 4.78 is 1.06. The highest BCUT2D eigenvalue weighted by molar-refractivity contribution is 7.98. The van der Waals surface area contributed by atoms with Crippen LogP contribution in [0.2, 0.25) is 0 Å². The van der Waals surface area contributed by atoms with Crippen LogP contribution in [-0.2, 0) is 0 Å². The van der Waals surface area contributed by atoms with Crippen LogP contribution in [0.3, 0.4) is 0 Å². The van der Waals surface area contributed by atoms with E-state index in [2.05, 4.69) is 27.5 Å². The number of carbonyl (C=O) groups is 1. The summed E-state index contributed by atoms with van der Waals surface area (Å²) in [5.74, 6) is 1.55. The molecule has 0 unspecified atom stereocenters. The third-order valence-corrected chi connectivity index (χ3v) is 8.30. The molecule has 3 aromatic rings. The van der Waals surface area contributed by atoms with Crippen molar-refractivity contribution in [3.05, 3.63) is 36.2 Å². The van der Waals surface area contributed by atoms with Gasteiger partial charge in [-0.1, -0.05) is 18.3 Å². The predicted molar refractivity (Wildman–Crippen MR) is 136 cm³/mol. The maximum Gasteiger partial charge on any atom is 0.253 e. The maximum absolute atomic E-state index is 12.9. The fourth-order valence-electron chi connectivity index (χ4n) is 4.61. The summed E-state index contributed by atoms with van der Waals surface area (Å²) >= 11 is 3.28. The molecule has 33 heavy (non-hydrogen) atoms. The van der Waals surface area contributed by atoms with Crippen molar-refractivity contribution in [2.75, 3.05) is 30.0 Å². The second-order valence-electron chi connectivity index (χ2n) is 9.12. The Bertz CT molecular complexity index is 1110. The van der Waals surface area contributed by atoms with Gasteiger partial charge in [-0.15, -0.1) is 11.8 Å². The van der Waals surface area contributed by atoms with Gasteiger partial charge in [0.2, 0.25) is 5.95 Å². The van der Waals surface area contributed by atoms with Crippen molar-refractivity contribution in [1.82, 2.24) is 19.9 Å². The second kappa shape index (κ2) is 9.85. The number of likely N-dealkylation sites (tertiary alicyclic amines) is 1. The molecule has 1 aromatic carbocycles. The van der Waals surface area contributed by atoms with E-state index in [1.54, 1.807) is 23.1 Å². The van der Waals surface area contributed by atoms with Gasteiger partial charge in [0.1, 0.15) is 0 Å². The van der Waals surface area contributed by atoms with Crippen LogP contribution in [0, 0.1) is 5.92 Å². The van der Waals surface area contributed by atoms with Crippen molar-refractivity contribution < 1.29 is 4.79 Å². The van der Waals surface area contributed by atoms with Gasteiger partial charge in [-0.25, -0.2) is 15.0 Å². The highest BCUT2D eigenvalue weighted by Crippen LogP contribution is 2.31. The molecule has 5 rings (SSSR count). The average molecular weight is 483 g/mol. The number of fused-ring (bicyclic) bond motifs is 1. The zero-order valence-electron chi connectivity index (χ0n) is 19.1. The largest absolute Gasteiger partial charge is 0.359 e. The maximum atomic E-state index is 12.9. The van der Waals surface area contributed by atoms with Crippen molar-refractivity contribution in [3.8, 4) is 0 Å². The Kier molecular flexibility index (Phi) is 6.69. The Morgan fingerprint density at radius 3 is 2.55 bits per heavy atom. The van der Waals surface area contributed by atoms with Crippen molar-refractivity contribution in [3.63, 3.8) is 0 Å². The van der Waals surface area contributed by atoms with Gasteiger partial charge in [-0.2, -0.15) is 0 Å². The molecular weight excluding hydrogens is 452 g/mol. The molecule has 2 aliphatic rings. The van der Waals surface area contributed by atoms with Gasteiger partial charge >= 0.3 is 0 Å². The lowest BCUT2D eigenvalue weighted by molar-refractivity contribution is 0.0697. The van der Waals surface area contributed by atoms with Crippen LogP contribution in [0.25, 0.3) is 10.2 Å². The highest BCUT2D eigenvalue weighted by Gasteiger charge is 2.26. The lowest BCUT2D eigenvalue weighted by atomic mass is 9.98. The standard InChI is InChI=1S/C24H30N6OS2/c1-15-7-9-30(10-8-15)22(31)16-3-6-20-21(11-16)33-24(29-20)28-18-5-4-17(12-18)27-23-25-13-19(32-2)14-26-23/h3,6,11,13-15,17-18H,4-5,7-10,12H2,1-2H3,(H,28,29)(H,25,26,27)/t17-,18-/m0/s1. The second-order valence-corrected chi connectivity index (χ2v) is 11.0. The van der Waals surface area contributed by atoms with E-state index in [4.69, 9.17) is 4.98 Å². The number of benzene rings is 1. The van der Waals surface area contributed by atoms with E-state index in [0.717, 1.165) is 71.0 Å². The third-order valence-electron chi connectivity index (χ3n) is 6.66. The molecule has 7 nitrogen and oxygen atoms in total. The average Bonchev–Trinajstić information content (AvgIpc) is 3.45.